The lowest BCUT2D eigenvalue weighted by molar-refractivity contribution is 0.0544. The normalized spacial score (nSPS) is 11.6. The summed E-state index contributed by atoms with van der Waals surface area (Å²) in [4.78, 5) is 16.0. The van der Waals surface area contributed by atoms with Crippen molar-refractivity contribution in [3.8, 4) is 5.75 Å². The van der Waals surface area contributed by atoms with Crippen molar-refractivity contribution in [1.29, 1.82) is 0 Å². The van der Waals surface area contributed by atoms with Crippen LogP contribution in [0, 0.1) is 0 Å². The second-order valence-corrected chi connectivity index (χ2v) is 4.94. The molecule has 0 amide bonds. The van der Waals surface area contributed by atoms with E-state index >= 15 is 0 Å². The highest BCUT2D eigenvalue weighted by Gasteiger charge is 2.19. The van der Waals surface area contributed by atoms with Crippen LogP contribution in [0.2, 0.25) is 0 Å². The lowest BCUT2D eigenvalue weighted by Crippen LogP contribution is -2.26. The molecule has 0 saturated carbocycles. The molecular weight excluding hydrogens is 232 g/mol. The summed E-state index contributed by atoms with van der Waals surface area (Å²) in [6, 6.07) is 1.81. The number of methoxy groups -OCH3 is 1. The van der Waals surface area contributed by atoms with Gasteiger partial charge in [-0.25, -0.2) is 4.79 Å². The van der Waals surface area contributed by atoms with E-state index in [1.165, 1.54) is 4.57 Å². The van der Waals surface area contributed by atoms with Crippen LogP contribution in [0.3, 0.4) is 0 Å². The Morgan fingerprint density at radius 3 is 2.67 bits per heavy atom. The average molecular weight is 248 g/mol. The fraction of sp³-hybridized carbons (Fsp3) is 0.385. The minimum atomic E-state index is -0.528. The molecule has 0 atom stereocenters. The Labute approximate surface area is 105 Å². The number of fused-ring (bicyclic) bond motifs is 1. The zero-order valence-electron chi connectivity index (χ0n) is 10.9. The first-order chi connectivity index (χ1) is 8.42. The molecule has 0 radical (unpaired) electrons. The van der Waals surface area contributed by atoms with E-state index < -0.39 is 11.7 Å². The summed E-state index contributed by atoms with van der Waals surface area (Å²) in [7, 11) is 1.57. The molecular formula is C13H16N2O3. The first-order valence-electron chi connectivity index (χ1n) is 5.65. The largest absolute Gasteiger partial charge is 0.494 e. The summed E-state index contributed by atoms with van der Waals surface area (Å²) in [6.07, 6.45) is 4.46. The molecule has 0 fully saturated rings. The number of pyridine rings is 1. The number of carbonyl (C=O) groups excluding carboxylic acids is 1. The predicted octanol–water partition coefficient (Wildman–Crippen LogP) is 2.83. The number of nitrogens with zero attached hydrogens (tertiary/aromatic N) is 2. The van der Waals surface area contributed by atoms with Crippen LogP contribution < -0.4 is 4.74 Å². The van der Waals surface area contributed by atoms with E-state index in [9.17, 15) is 4.79 Å². The van der Waals surface area contributed by atoms with Crippen LogP contribution in [0.15, 0.2) is 24.7 Å². The van der Waals surface area contributed by atoms with Crippen LogP contribution >= 0.6 is 0 Å². The van der Waals surface area contributed by atoms with Gasteiger partial charge in [0.15, 0.2) is 0 Å². The van der Waals surface area contributed by atoms with Crippen molar-refractivity contribution in [2.75, 3.05) is 7.11 Å². The molecule has 0 N–H and O–H groups in total. The highest BCUT2D eigenvalue weighted by molar-refractivity contribution is 5.92. The van der Waals surface area contributed by atoms with Crippen molar-refractivity contribution < 1.29 is 14.3 Å². The van der Waals surface area contributed by atoms with Gasteiger partial charge < -0.3 is 9.47 Å². The van der Waals surface area contributed by atoms with Crippen molar-refractivity contribution in [3.63, 3.8) is 0 Å². The van der Waals surface area contributed by atoms with Gasteiger partial charge in [-0.15, -0.1) is 0 Å². The molecule has 5 heteroatoms. The third-order valence-corrected chi connectivity index (χ3v) is 2.39. The second kappa shape index (κ2) is 4.33. The Hall–Kier alpha value is -2.04. The van der Waals surface area contributed by atoms with E-state index in [-0.39, 0.29) is 0 Å². The maximum absolute atomic E-state index is 12.0. The highest BCUT2D eigenvalue weighted by atomic mass is 16.6. The van der Waals surface area contributed by atoms with Crippen molar-refractivity contribution >= 4 is 17.0 Å². The standard InChI is InChI=1S/C13H16N2O3/c1-13(2,3)18-12(16)15-6-5-9-10(15)7-14-8-11(9)17-4/h5-8H,1-4H3. The molecule has 0 spiro atoms. The van der Waals surface area contributed by atoms with Crippen molar-refractivity contribution in [3.05, 3.63) is 24.7 Å². The zero-order chi connectivity index (χ0) is 13.3. The Morgan fingerprint density at radius 2 is 2.06 bits per heavy atom. The second-order valence-electron chi connectivity index (χ2n) is 4.94. The molecule has 0 aliphatic carbocycles. The van der Waals surface area contributed by atoms with Gasteiger partial charge in [0.25, 0.3) is 0 Å². The molecule has 0 aliphatic rings. The molecule has 5 nitrogen and oxygen atoms in total. The molecule has 18 heavy (non-hydrogen) atoms. The Morgan fingerprint density at radius 1 is 1.33 bits per heavy atom. The van der Waals surface area contributed by atoms with Gasteiger partial charge in [-0.1, -0.05) is 0 Å². The van der Waals surface area contributed by atoms with E-state index in [2.05, 4.69) is 4.98 Å². The summed E-state index contributed by atoms with van der Waals surface area (Å²) in [5.41, 5.74) is 0.142. The van der Waals surface area contributed by atoms with Gasteiger partial charge >= 0.3 is 6.09 Å². The third kappa shape index (κ3) is 2.30. The topological polar surface area (TPSA) is 53.4 Å². The first-order valence-corrected chi connectivity index (χ1v) is 5.65. The quantitative estimate of drug-likeness (QED) is 0.778. The summed E-state index contributed by atoms with van der Waals surface area (Å²) in [6.45, 7) is 5.49. The van der Waals surface area contributed by atoms with Gasteiger partial charge in [-0.2, -0.15) is 0 Å². The number of rotatable bonds is 1. The summed E-state index contributed by atoms with van der Waals surface area (Å²) in [5.74, 6) is 0.634. The van der Waals surface area contributed by atoms with Gasteiger partial charge in [0.05, 0.1) is 25.0 Å². The molecule has 0 unspecified atom stereocenters. The fourth-order valence-electron chi connectivity index (χ4n) is 1.66. The van der Waals surface area contributed by atoms with Crippen LogP contribution in [0.5, 0.6) is 5.75 Å². The van der Waals surface area contributed by atoms with E-state index in [1.807, 2.05) is 20.8 Å². The van der Waals surface area contributed by atoms with Gasteiger partial charge in [0.1, 0.15) is 11.4 Å². The lowest BCUT2D eigenvalue weighted by Gasteiger charge is -2.19. The smallest absolute Gasteiger partial charge is 0.419 e. The highest BCUT2D eigenvalue weighted by Crippen LogP contribution is 2.25. The zero-order valence-corrected chi connectivity index (χ0v) is 10.9. The monoisotopic (exact) mass is 248 g/mol. The summed E-state index contributed by atoms with van der Waals surface area (Å²) < 4.78 is 11.9. The number of aromatic nitrogens is 2. The molecule has 2 heterocycles. The number of ether oxygens (including phenoxy) is 2. The Balaban J connectivity index is 2.44. The molecule has 0 bridgehead atoms. The minimum Gasteiger partial charge on any atom is -0.494 e. The van der Waals surface area contributed by atoms with Gasteiger partial charge in [-0.05, 0) is 26.8 Å². The predicted molar refractivity (Wildman–Crippen MR) is 67.9 cm³/mol. The molecule has 0 saturated heterocycles. The van der Waals surface area contributed by atoms with E-state index in [1.54, 1.807) is 31.8 Å². The van der Waals surface area contributed by atoms with Gasteiger partial charge in [0, 0.05) is 11.6 Å². The minimum absolute atomic E-state index is 0.424. The maximum Gasteiger partial charge on any atom is 0.419 e. The van der Waals surface area contributed by atoms with Gasteiger partial charge in [-0.3, -0.25) is 9.55 Å². The molecule has 2 aromatic heterocycles. The fourth-order valence-corrected chi connectivity index (χ4v) is 1.66. The number of hydrogen-bond acceptors (Lipinski definition) is 4. The molecule has 0 aromatic carbocycles. The molecule has 96 valence electrons. The number of carbonyl (C=O) groups is 1. The average Bonchev–Trinajstić information content (AvgIpc) is 2.69. The van der Waals surface area contributed by atoms with Crippen molar-refractivity contribution in [2.24, 2.45) is 0 Å². The van der Waals surface area contributed by atoms with Crippen LogP contribution in [0.25, 0.3) is 10.9 Å². The van der Waals surface area contributed by atoms with Crippen molar-refractivity contribution in [1.82, 2.24) is 9.55 Å². The first kappa shape index (κ1) is 12.4. The Bertz CT molecular complexity index is 581. The molecule has 2 rings (SSSR count). The molecule has 0 aliphatic heterocycles. The van der Waals surface area contributed by atoms with E-state index in [4.69, 9.17) is 9.47 Å². The maximum atomic E-state index is 12.0. The van der Waals surface area contributed by atoms with Gasteiger partial charge in [0.2, 0.25) is 0 Å². The van der Waals surface area contributed by atoms with E-state index in [0.717, 1.165) is 5.39 Å². The Kier molecular flexibility index (Phi) is 2.98. The summed E-state index contributed by atoms with van der Waals surface area (Å²) in [5, 5.41) is 0.832. The van der Waals surface area contributed by atoms with E-state index in [0.29, 0.717) is 11.3 Å². The van der Waals surface area contributed by atoms with Crippen LogP contribution in [0.4, 0.5) is 4.79 Å². The third-order valence-electron chi connectivity index (χ3n) is 2.39. The van der Waals surface area contributed by atoms with Crippen LogP contribution in [-0.4, -0.2) is 28.4 Å². The number of hydrogen-bond donors (Lipinski definition) is 0. The van der Waals surface area contributed by atoms with Crippen molar-refractivity contribution in [2.45, 2.75) is 26.4 Å². The molecule has 2 aromatic rings. The lowest BCUT2D eigenvalue weighted by atomic mass is 10.2. The SMILES string of the molecule is COc1cncc2c1ccn2C(=O)OC(C)(C)C. The van der Waals surface area contributed by atoms with Crippen LogP contribution in [-0.2, 0) is 4.74 Å². The summed E-state index contributed by atoms with van der Waals surface area (Å²) >= 11 is 0. The van der Waals surface area contributed by atoms with Crippen LogP contribution in [0.1, 0.15) is 20.8 Å².